The highest BCUT2D eigenvalue weighted by atomic mass is 16.5. The maximum atomic E-state index is 6.06. The summed E-state index contributed by atoms with van der Waals surface area (Å²) in [4.78, 5) is 12.9. The smallest absolute Gasteiger partial charge is 0.152 e. The molecule has 0 fully saturated rings. The van der Waals surface area contributed by atoms with Gasteiger partial charge in [-0.3, -0.25) is 4.98 Å². The van der Waals surface area contributed by atoms with Crippen LogP contribution in [0.4, 0.5) is 5.82 Å². The highest BCUT2D eigenvalue weighted by molar-refractivity contribution is 6.06. The third-order valence-corrected chi connectivity index (χ3v) is 4.46. The van der Waals surface area contributed by atoms with Gasteiger partial charge in [-0.25, -0.2) is 9.97 Å². The fraction of sp³-hybridized carbons (Fsp3) is 0.250. The van der Waals surface area contributed by atoms with Crippen molar-refractivity contribution in [3.63, 3.8) is 0 Å². The molecule has 0 aliphatic rings. The lowest BCUT2D eigenvalue weighted by Gasteiger charge is -2.08. The van der Waals surface area contributed by atoms with Crippen LogP contribution in [0.1, 0.15) is 12.0 Å². The Hall–Kier alpha value is -2.99. The minimum Gasteiger partial charge on any atom is -0.382 e. The fourth-order valence-electron chi connectivity index (χ4n) is 3.17. The number of hydrogen-bond donors (Lipinski definition) is 1. The van der Waals surface area contributed by atoms with E-state index >= 15 is 0 Å². The molecule has 0 saturated heterocycles. The molecule has 26 heavy (non-hydrogen) atoms. The molecule has 6 heteroatoms. The maximum absolute atomic E-state index is 6.06. The molecule has 4 aromatic rings. The third-order valence-electron chi connectivity index (χ3n) is 4.46. The summed E-state index contributed by atoms with van der Waals surface area (Å²) in [5.74, 6) is 0.468. The second kappa shape index (κ2) is 7.49. The molecule has 132 valence electrons. The van der Waals surface area contributed by atoms with E-state index in [9.17, 15) is 0 Å². The van der Waals surface area contributed by atoms with Gasteiger partial charge in [0.05, 0.1) is 24.0 Å². The van der Waals surface area contributed by atoms with Crippen molar-refractivity contribution in [3.05, 3.63) is 60.7 Å². The number of aryl methyl sites for hydroxylation is 1. The van der Waals surface area contributed by atoms with E-state index in [2.05, 4.69) is 25.6 Å². The Morgan fingerprint density at radius 1 is 1.04 bits per heavy atom. The first kappa shape index (κ1) is 16.5. The number of aromatic nitrogens is 4. The molecule has 0 aliphatic carbocycles. The minimum absolute atomic E-state index is 0.468. The van der Waals surface area contributed by atoms with E-state index in [1.807, 2.05) is 49.1 Å². The molecule has 0 spiro atoms. The molecular weight excluding hydrogens is 326 g/mol. The van der Waals surface area contributed by atoms with Gasteiger partial charge in [0.2, 0.25) is 0 Å². The monoisotopic (exact) mass is 347 g/mol. The van der Waals surface area contributed by atoms with Gasteiger partial charge in [0, 0.05) is 30.9 Å². The van der Waals surface area contributed by atoms with Gasteiger partial charge in [0.1, 0.15) is 5.52 Å². The number of nitrogen functional groups attached to an aromatic ring is 1. The number of nitrogens with zero attached hydrogens (tertiary/aromatic N) is 4. The van der Waals surface area contributed by atoms with Crippen LogP contribution < -0.4 is 5.73 Å². The Balaban J connectivity index is 1.39. The van der Waals surface area contributed by atoms with E-state index in [0.717, 1.165) is 47.9 Å². The van der Waals surface area contributed by atoms with E-state index in [-0.39, 0.29) is 0 Å². The molecule has 0 saturated carbocycles. The molecule has 0 unspecified atom stereocenters. The molecule has 0 aliphatic heterocycles. The average molecular weight is 347 g/mol. The highest BCUT2D eigenvalue weighted by Gasteiger charge is 2.11. The van der Waals surface area contributed by atoms with Gasteiger partial charge in [-0.15, -0.1) is 0 Å². The maximum Gasteiger partial charge on any atom is 0.152 e. The van der Waals surface area contributed by atoms with Gasteiger partial charge in [-0.2, -0.15) is 0 Å². The molecule has 1 aromatic carbocycles. The fourth-order valence-corrected chi connectivity index (χ4v) is 3.17. The molecule has 3 heterocycles. The van der Waals surface area contributed by atoms with Crippen molar-refractivity contribution in [2.75, 3.05) is 18.9 Å². The SMILES string of the molecule is Nc1nc2ccccc2c2c1ncn2CCOCCCc1ccncc1. The molecule has 0 radical (unpaired) electrons. The third kappa shape index (κ3) is 3.36. The quantitative estimate of drug-likeness (QED) is 0.519. The van der Waals surface area contributed by atoms with Crippen LogP contribution in [0.2, 0.25) is 0 Å². The van der Waals surface area contributed by atoms with Crippen LogP contribution in [0.5, 0.6) is 0 Å². The normalized spacial score (nSPS) is 11.4. The summed E-state index contributed by atoms with van der Waals surface area (Å²) >= 11 is 0. The Bertz CT molecular complexity index is 1010. The Morgan fingerprint density at radius 3 is 2.77 bits per heavy atom. The first-order valence-electron chi connectivity index (χ1n) is 8.78. The molecular formula is C20H21N5O. The first-order chi connectivity index (χ1) is 12.8. The Morgan fingerprint density at radius 2 is 1.88 bits per heavy atom. The van der Waals surface area contributed by atoms with Crippen LogP contribution in [0, 0.1) is 0 Å². The lowest BCUT2D eigenvalue weighted by molar-refractivity contribution is 0.125. The van der Waals surface area contributed by atoms with Crippen molar-refractivity contribution in [3.8, 4) is 0 Å². The number of anilines is 1. The average Bonchev–Trinajstić information content (AvgIpc) is 3.10. The number of ether oxygens (including phenoxy) is 1. The predicted molar refractivity (Wildman–Crippen MR) is 103 cm³/mol. The molecule has 0 bridgehead atoms. The molecule has 0 atom stereocenters. The van der Waals surface area contributed by atoms with E-state index in [4.69, 9.17) is 10.5 Å². The van der Waals surface area contributed by atoms with Crippen molar-refractivity contribution < 1.29 is 4.74 Å². The number of fused-ring (bicyclic) bond motifs is 3. The van der Waals surface area contributed by atoms with Crippen LogP contribution in [-0.2, 0) is 17.7 Å². The Kier molecular flexibility index (Phi) is 4.75. The van der Waals surface area contributed by atoms with E-state index < -0.39 is 0 Å². The largest absolute Gasteiger partial charge is 0.382 e. The van der Waals surface area contributed by atoms with Crippen molar-refractivity contribution in [2.45, 2.75) is 19.4 Å². The van der Waals surface area contributed by atoms with Gasteiger partial charge in [-0.05, 0) is 36.6 Å². The minimum atomic E-state index is 0.468. The lowest BCUT2D eigenvalue weighted by atomic mass is 10.1. The summed E-state index contributed by atoms with van der Waals surface area (Å²) in [6.07, 6.45) is 7.46. The van der Waals surface area contributed by atoms with Crippen molar-refractivity contribution >= 4 is 27.8 Å². The number of nitrogens with two attached hydrogens (primary N) is 1. The van der Waals surface area contributed by atoms with Gasteiger partial charge in [-0.1, -0.05) is 18.2 Å². The van der Waals surface area contributed by atoms with E-state index in [0.29, 0.717) is 12.4 Å². The van der Waals surface area contributed by atoms with Crippen LogP contribution in [0.3, 0.4) is 0 Å². The number of rotatable bonds is 7. The summed E-state index contributed by atoms with van der Waals surface area (Å²) in [5, 5.41) is 1.06. The summed E-state index contributed by atoms with van der Waals surface area (Å²) in [6, 6.07) is 12.1. The van der Waals surface area contributed by atoms with Gasteiger partial charge >= 0.3 is 0 Å². The summed E-state index contributed by atoms with van der Waals surface area (Å²) < 4.78 is 7.90. The number of imidazole rings is 1. The number of pyridine rings is 2. The van der Waals surface area contributed by atoms with Crippen molar-refractivity contribution in [1.82, 2.24) is 19.5 Å². The van der Waals surface area contributed by atoms with Gasteiger partial charge < -0.3 is 15.0 Å². The van der Waals surface area contributed by atoms with Crippen LogP contribution in [0.15, 0.2) is 55.1 Å². The number of para-hydroxylation sites is 1. The predicted octanol–water partition coefficient (Wildman–Crippen LogP) is 3.21. The van der Waals surface area contributed by atoms with E-state index in [1.54, 1.807) is 0 Å². The molecule has 6 nitrogen and oxygen atoms in total. The zero-order valence-electron chi connectivity index (χ0n) is 14.5. The number of benzene rings is 1. The first-order valence-corrected chi connectivity index (χ1v) is 8.78. The zero-order chi connectivity index (χ0) is 17.8. The standard InChI is InChI=1S/C20H21N5O/c21-20-18-19(16-5-1-2-6-17(16)24-20)25(14-23-18)11-13-26-12-3-4-15-7-9-22-10-8-15/h1-2,5-10,14H,3-4,11-13H2,(H2,21,24). The second-order valence-corrected chi connectivity index (χ2v) is 6.22. The summed E-state index contributed by atoms with van der Waals surface area (Å²) in [5.41, 5.74) is 10.0. The van der Waals surface area contributed by atoms with Crippen LogP contribution in [-0.4, -0.2) is 32.7 Å². The second-order valence-electron chi connectivity index (χ2n) is 6.22. The Labute approximate surface area is 151 Å². The van der Waals surface area contributed by atoms with Gasteiger partial charge in [0.25, 0.3) is 0 Å². The molecule has 3 aromatic heterocycles. The van der Waals surface area contributed by atoms with Crippen LogP contribution in [0.25, 0.3) is 21.9 Å². The zero-order valence-corrected chi connectivity index (χ0v) is 14.5. The van der Waals surface area contributed by atoms with E-state index in [1.165, 1.54) is 5.56 Å². The molecule has 2 N–H and O–H groups in total. The number of hydrogen-bond acceptors (Lipinski definition) is 5. The summed E-state index contributed by atoms with van der Waals surface area (Å²) in [6.45, 7) is 2.11. The van der Waals surface area contributed by atoms with Crippen molar-refractivity contribution in [1.29, 1.82) is 0 Å². The van der Waals surface area contributed by atoms with Crippen LogP contribution >= 0.6 is 0 Å². The topological polar surface area (TPSA) is 78.8 Å². The molecule has 0 amide bonds. The summed E-state index contributed by atoms with van der Waals surface area (Å²) in [7, 11) is 0. The highest BCUT2D eigenvalue weighted by Crippen LogP contribution is 2.26. The van der Waals surface area contributed by atoms with Gasteiger partial charge in [0.15, 0.2) is 5.82 Å². The molecule has 4 rings (SSSR count). The van der Waals surface area contributed by atoms with Crippen molar-refractivity contribution in [2.24, 2.45) is 0 Å². The lowest BCUT2D eigenvalue weighted by Crippen LogP contribution is -2.07.